The molecule has 4 heterocycles. The Balaban J connectivity index is 1.43. The number of thiazole rings is 1. The van der Waals surface area contributed by atoms with Crippen molar-refractivity contribution in [1.82, 2.24) is 9.55 Å². The van der Waals surface area contributed by atoms with Crippen LogP contribution in [-0.4, -0.2) is 22.6 Å². The molecule has 2 aliphatic heterocycles. The van der Waals surface area contributed by atoms with Crippen molar-refractivity contribution in [2.75, 3.05) is 18.0 Å². The summed E-state index contributed by atoms with van der Waals surface area (Å²) in [6.45, 7) is 2.70. The number of hydrogen-bond donors (Lipinski definition) is 0. The summed E-state index contributed by atoms with van der Waals surface area (Å²) in [7, 11) is 0. The van der Waals surface area contributed by atoms with Crippen LogP contribution in [0.4, 0.5) is 5.13 Å². The smallest absolute Gasteiger partial charge is 0.250 e. The number of benzene rings is 1. The van der Waals surface area contributed by atoms with Crippen LogP contribution in [0.1, 0.15) is 18.0 Å². The topological polar surface area (TPSA) is 38.1 Å². The minimum Gasteiger partial charge on any atom is -0.347 e. The number of hydrogen-bond acceptors (Lipinski definition) is 4. The van der Waals surface area contributed by atoms with Gasteiger partial charge in [0, 0.05) is 53.3 Å². The molecule has 2 atom stereocenters. The molecule has 2 bridgehead atoms. The van der Waals surface area contributed by atoms with Crippen molar-refractivity contribution in [2.24, 2.45) is 5.92 Å². The van der Waals surface area contributed by atoms with Crippen LogP contribution in [0.2, 0.25) is 5.02 Å². The van der Waals surface area contributed by atoms with Gasteiger partial charge in [-0.1, -0.05) is 29.8 Å². The molecule has 132 valence electrons. The van der Waals surface area contributed by atoms with E-state index in [-0.39, 0.29) is 5.56 Å². The van der Waals surface area contributed by atoms with E-state index in [1.54, 1.807) is 17.4 Å². The van der Waals surface area contributed by atoms with E-state index >= 15 is 0 Å². The SMILES string of the molecule is O=c1cccc2n1C[C@@H]1CC2CN(c2nc(-c3ccc(Cl)cc3)cs2)C1. The van der Waals surface area contributed by atoms with Crippen LogP contribution in [0.5, 0.6) is 0 Å². The molecule has 0 N–H and O–H groups in total. The first kappa shape index (κ1) is 16.1. The molecule has 4 nitrogen and oxygen atoms in total. The Morgan fingerprint density at radius 2 is 1.92 bits per heavy atom. The molecule has 3 aromatic rings. The van der Waals surface area contributed by atoms with Gasteiger partial charge >= 0.3 is 0 Å². The third kappa shape index (κ3) is 2.75. The predicted octanol–water partition coefficient (Wildman–Crippen LogP) is 4.25. The third-order valence-corrected chi connectivity index (χ3v) is 6.54. The number of halogens is 1. The zero-order valence-electron chi connectivity index (χ0n) is 14.1. The number of rotatable bonds is 2. The summed E-state index contributed by atoms with van der Waals surface area (Å²) in [5.41, 5.74) is 3.39. The lowest BCUT2D eigenvalue weighted by molar-refractivity contribution is 0.281. The second-order valence-electron chi connectivity index (χ2n) is 7.13. The molecule has 6 heteroatoms. The van der Waals surface area contributed by atoms with E-state index in [9.17, 15) is 4.79 Å². The van der Waals surface area contributed by atoms with Crippen molar-refractivity contribution >= 4 is 28.1 Å². The summed E-state index contributed by atoms with van der Waals surface area (Å²) in [6.07, 6.45) is 1.16. The van der Waals surface area contributed by atoms with Crippen molar-refractivity contribution in [2.45, 2.75) is 18.9 Å². The van der Waals surface area contributed by atoms with Crippen LogP contribution in [0.3, 0.4) is 0 Å². The molecule has 0 aliphatic carbocycles. The van der Waals surface area contributed by atoms with E-state index in [4.69, 9.17) is 16.6 Å². The second-order valence-corrected chi connectivity index (χ2v) is 8.40. The van der Waals surface area contributed by atoms with Crippen LogP contribution < -0.4 is 10.5 Å². The van der Waals surface area contributed by atoms with Crippen LogP contribution in [-0.2, 0) is 6.54 Å². The highest BCUT2D eigenvalue weighted by atomic mass is 35.5. The first-order chi connectivity index (χ1) is 12.7. The summed E-state index contributed by atoms with van der Waals surface area (Å²) in [4.78, 5) is 19.4. The lowest BCUT2D eigenvalue weighted by atomic mass is 9.83. The summed E-state index contributed by atoms with van der Waals surface area (Å²) < 4.78 is 1.97. The van der Waals surface area contributed by atoms with Gasteiger partial charge in [-0.3, -0.25) is 4.79 Å². The Morgan fingerprint density at radius 1 is 1.08 bits per heavy atom. The molecule has 1 unspecified atom stereocenters. The Morgan fingerprint density at radius 3 is 2.77 bits per heavy atom. The highest BCUT2D eigenvalue weighted by Gasteiger charge is 2.35. The van der Waals surface area contributed by atoms with Gasteiger partial charge in [-0.2, -0.15) is 0 Å². The predicted molar refractivity (Wildman–Crippen MR) is 106 cm³/mol. The van der Waals surface area contributed by atoms with Crippen molar-refractivity contribution in [3.63, 3.8) is 0 Å². The highest BCUT2D eigenvalue weighted by Crippen LogP contribution is 2.38. The maximum Gasteiger partial charge on any atom is 0.250 e. The zero-order valence-corrected chi connectivity index (χ0v) is 15.7. The maximum absolute atomic E-state index is 12.2. The summed E-state index contributed by atoms with van der Waals surface area (Å²) in [5, 5.41) is 3.92. The van der Waals surface area contributed by atoms with Crippen LogP contribution in [0.25, 0.3) is 11.3 Å². The van der Waals surface area contributed by atoms with Gasteiger partial charge in [0.05, 0.1) is 5.69 Å². The lowest BCUT2D eigenvalue weighted by Crippen LogP contribution is -2.47. The second kappa shape index (κ2) is 6.25. The van der Waals surface area contributed by atoms with Crippen LogP contribution >= 0.6 is 22.9 Å². The van der Waals surface area contributed by atoms with E-state index in [0.29, 0.717) is 11.8 Å². The average molecular weight is 384 g/mol. The quantitative estimate of drug-likeness (QED) is 0.664. The molecule has 0 radical (unpaired) electrons. The third-order valence-electron chi connectivity index (χ3n) is 5.38. The fraction of sp³-hybridized carbons (Fsp3) is 0.300. The molecular formula is C20H18ClN3OS. The zero-order chi connectivity index (χ0) is 17.7. The lowest BCUT2D eigenvalue weighted by Gasteiger charge is -2.42. The molecule has 2 aromatic heterocycles. The minimum absolute atomic E-state index is 0.130. The number of aromatic nitrogens is 2. The molecular weight excluding hydrogens is 366 g/mol. The molecule has 1 fully saturated rings. The normalized spacial score (nSPS) is 21.5. The van der Waals surface area contributed by atoms with Gasteiger partial charge in [0.25, 0.3) is 5.56 Å². The van der Waals surface area contributed by atoms with Gasteiger partial charge in [0.1, 0.15) is 0 Å². The Labute approximate surface area is 160 Å². The van der Waals surface area contributed by atoms with E-state index in [0.717, 1.165) is 47.5 Å². The highest BCUT2D eigenvalue weighted by molar-refractivity contribution is 7.14. The van der Waals surface area contributed by atoms with Gasteiger partial charge in [0.2, 0.25) is 0 Å². The molecule has 0 spiro atoms. The monoisotopic (exact) mass is 383 g/mol. The Bertz CT molecular complexity index is 1010. The fourth-order valence-corrected chi connectivity index (χ4v) is 5.20. The first-order valence-corrected chi connectivity index (χ1v) is 10.1. The summed E-state index contributed by atoms with van der Waals surface area (Å²) in [6, 6.07) is 13.5. The van der Waals surface area contributed by atoms with Gasteiger partial charge in [-0.25, -0.2) is 4.98 Å². The molecule has 2 aliphatic rings. The molecule has 0 saturated carbocycles. The maximum atomic E-state index is 12.2. The number of nitrogens with zero attached hydrogens (tertiary/aromatic N) is 3. The molecule has 0 amide bonds. The molecule has 1 saturated heterocycles. The van der Waals surface area contributed by atoms with Gasteiger partial charge in [-0.15, -0.1) is 11.3 Å². The number of piperidine rings is 1. The summed E-state index contributed by atoms with van der Waals surface area (Å²) >= 11 is 7.67. The van der Waals surface area contributed by atoms with Crippen molar-refractivity contribution in [3.8, 4) is 11.3 Å². The van der Waals surface area contributed by atoms with E-state index < -0.39 is 0 Å². The molecule has 5 rings (SSSR count). The average Bonchev–Trinajstić information content (AvgIpc) is 3.13. The van der Waals surface area contributed by atoms with Crippen molar-refractivity contribution in [3.05, 3.63) is 68.9 Å². The molecule has 1 aromatic carbocycles. The van der Waals surface area contributed by atoms with Crippen LogP contribution in [0.15, 0.2) is 52.6 Å². The fourth-order valence-electron chi connectivity index (χ4n) is 4.22. The number of pyridine rings is 1. The summed E-state index contributed by atoms with van der Waals surface area (Å²) in [5.74, 6) is 0.906. The minimum atomic E-state index is 0.130. The van der Waals surface area contributed by atoms with E-state index in [2.05, 4.69) is 16.3 Å². The number of fused-ring (bicyclic) bond motifs is 4. The van der Waals surface area contributed by atoms with Gasteiger partial charge in [0.15, 0.2) is 5.13 Å². The van der Waals surface area contributed by atoms with Gasteiger partial charge in [-0.05, 0) is 30.5 Å². The number of anilines is 1. The Hall–Kier alpha value is -2.11. The van der Waals surface area contributed by atoms with E-state index in [1.807, 2.05) is 34.9 Å². The standard InChI is InChI=1S/C20H18ClN3OS/c21-16-6-4-14(5-7-16)17-12-26-20(22-17)23-9-13-8-15(11-23)18-2-1-3-19(25)24(18)10-13/h1-7,12-13,15H,8-11H2/t13-,15?/m1/s1. The van der Waals surface area contributed by atoms with Crippen molar-refractivity contribution in [1.29, 1.82) is 0 Å². The molecule has 26 heavy (non-hydrogen) atoms. The largest absolute Gasteiger partial charge is 0.347 e. The van der Waals surface area contributed by atoms with Gasteiger partial charge < -0.3 is 9.47 Å². The Kier molecular flexibility index (Phi) is 3.87. The van der Waals surface area contributed by atoms with Crippen LogP contribution in [0, 0.1) is 5.92 Å². The van der Waals surface area contributed by atoms with E-state index in [1.165, 1.54) is 5.69 Å². The first-order valence-electron chi connectivity index (χ1n) is 8.83. The van der Waals surface area contributed by atoms with Crippen molar-refractivity contribution < 1.29 is 0 Å².